The largest absolute Gasteiger partial charge is 0.512 e. The van der Waals surface area contributed by atoms with E-state index in [1.807, 2.05) is 0 Å². The molecule has 4 nitrogen and oxygen atoms in total. The number of allylic oxidation sites excluding steroid dienone is 1. The number of carbonyl (C=O) groups excluding carboxylic acids is 2. The van der Waals surface area contributed by atoms with Crippen LogP contribution in [0.3, 0.4) is 0 Å². The zero-order chi connectivity index (χ0) is 13.9. The van der Waals surface area contributed by atoms with E-state index in [4.69, 9.17) is 0 Å². The van der Waals surface area contributed by atoms with Gasteiger partial charge in [0.2, 0.25) is 0 Å². The highest BCUT2D eigenvalue weighted by molar-refractivity contribution is 6.27. The number of Topliss-reactive ketones (excluding diaryl/α,β-unsaturated/α-hetero) is 1. The van der Waals surface area contributed by atoms with E-state index in [0.29, 0.717) is 5.92 Å². The van der Waals surface area contributed by atoms with Crippen molar-refractivity contribution < 1.29 is 14.7 Å². The van der Waals surface area contributed by atoms with Crippen molar-refractivity contribution in [3.8, 4) is 0 Å². The molecule has 3 aliphatic rings. The molecule has 1 N–H and O–H groups in total. The molecule has 2 aliphatic heterocycles. The third kappa shape index (κ3) is 1.46. The topological polar surface area (TPSA) is 57.6 Å². The van der Waals surface area contributed by atoms with Gasteiger partial charge in [-0.2, -0.15) is 0 Å². The number of carbonyl (C=O) groups is 2. The van der Waals surface area contributed by atoms with E-state index in [1.165, 1.54) is 13.3 Å². The minimum absolute atomic E-state index is 0.0158. The van der Waals surface area contributed by atoms with Crippen molar-refractivity contribution in [3.63, 3.8) is 0 Å². The van der Waals surface area contributed by atoms with Gasteiger partial charge in [-0.25, -0.2) is 0 Å². The number of hydrogen-bond acceptors (Lipinski definition) is 3. The fraction of sp³-hybridized carbons (Fsp3) is 0.733. The van der Waals surface area contributed by atoms with Crippen molar-refractivity contribution in [2.24, 2.45) is 11.8 Å². The molecule has 0 aromatic heterocycles. The molecule has 1 saturated carbocycles. The summed E-state index contributed by atoms with van der Waals surface area (Å²) in [6.07, 6.45) is 4.45. The Morgan fingerprint density at radius 3 is 2.53 bits per heavy atom. The Labute approximate surface area is 113 Å². The Bertz CT molecular complexity index is 488. The monoisotopic (exact) mass is 263 g/mol. The second-order valence-electron chi connectivity index (χ2n) is 6.65. The summed E-state index contributed by atoms with van der Waals surface area (Å²) in [4.78, 5) is 26.7. The van der Waals surface area contributed by atoms with E-state index >= 15 is 0 Å². The van der Waals surface area contributed by atoms with Gasteiger partial charge in [-0.3, -0.25) is 9.59 Å². The molecule has 19 heavy (non-hydrogen) atoms. The molecule has 3 fully saturated rings. The summed E-state index contributed by atoms with van der Waals surface area (Å²) in [7, 11) is 0. The standard InChI is InChI=1S/C15H21NO3/c1-8(17)11-13(18)12-9-6-4-5-7-10(9)15(2,3)16(12)14(11)19/h9-10,12,17H,4-7H2,1-3H3/t9-,10+,12-/m0/s1. The van der Waals surface area contributed by atoms with Crippen LogP contribution in [0.15, 0.2) is 11.3 Å². The first kappa shape index (κ1) is 12.7. The quantitative estimate of drug-likeness (QED) is 0.414. The average molecular weight is 263 g/mol. The van der Waals surface area contributed by atoms with Crippen LogP contribution in [0, 0.1) is 11.8 Å². The van der Waals surface area contributed by atoms with Crippen molar-refractivity contribution in [1.82, 2.24) is 4.90 Å². The first-order valence-corrected chi connectivity index (χ1v) is 7.15. The van der Waals surface area contributed by atoms with Gasteiger partial charge in [-0.05, 0) is 45.4 Å². The molecule has 3 atom stereocenters. The zero-order valence-corrected chi connectivity index (χ0v) is 11.8. The van der Waals surface area contributed by atoms with Crippen LogP contribution in [0.4, 0.5) is 0 Å². The lowest BCUT2D eigenvalue weighted by molar-refractivity contribution is -0.130. The second kappa shape index (κ2) is 3.84. The maximum absolute atomic E-state index is 12.5. The lowest BCUT2D eigenvalue weighted by atomic mass is 9.71. The van der Waals surface area contributed by atoms with E-state index in [9.17, 15) is 14.7 Å². The molecule has 2 heterocycles. The van der Waals surface area contributed by atoms with Gasteiger partial charge >= 0.3 is 0 Å². The predicted molar refractivity (Wildman–Crippen MR) is 70.5 cm³/mol. The number of amides is 1. The minimum Gasteiger partial charge on any atom is -0.512 e. The van der Waals surface area contributed by atoms with Gasteiger partial charge in [0.1, 0.15) is 11.3 Å². The lowest BCUT2D eigenvalue weighted by Gasteiger charge is -2.37. The molecule has 0 aromatic carbocycles. The van der Waals surface area contributed by atoms with E-state index < -0.39 is 0 Å². The molecule has 104 valence electrons. The van der Waals surface area contributed by atoms with E-state index in [0.717, 1.165) is 19.3 Å². The number of fused-ring (bicyclic) bond motifs is 3. The summed E-state index contributed by atoms with van der Waals surface area (Å²) < 4.78 is 0. The summed E-state index contributed by atoms with van der Waals surface area (Å²) in [6, 6.07) is -0.329. The van der Waals surface area contributed by atoms with Gasteiger partial charge in [-0.15, -0.1) is 0 Å². The maximum Gasteiger partial charge on any atom is 0.262 e. The lowest BCUT2D eigenvalue weighted by Crippen LogP contribution is -2.46. The Kier molecular flexibility index (Phi) is 2.57. The van der Waals surface area contributed by atoms with Crippen LogP contribution >= 0.6 is 0 Å². The summed E-state index contributed by atoms with van der Waals surface area (Å²) in [5.74, 6) is 0.131. The first-order chi connectivity index (χ1) is 8.87. The van der Waals surface area contributed by atoms with Crippen molar-refractivity contribution >= 4 is 11.7 Å². The SMILES string of the molecule is CC(O)=C1C(=O)[C@@H]2[C@H]3CCCC[C@H]3C(C)(C)N2C1=O. The van der Waals surface area contributed by atoms with Gasteiger partial charge in [0, 0.05) is 5.54 Å². The fourth-order valence-corrected chi connectivity index (χ4v) is 4.55. The Hall–Kier alpha value is -1.32. The fourth-order valence-electron chi connectivity index (χ4n) is 4.55. The molecular formula is C15H21NO3. The number of aliphatic hydroxyl groups is 1. The molecule has 2 saturated heterocycles. The maximum atomic E-state index is 12.5. The van der Waals surface area contributed by atoms with E-state index in [-0.39, 0.29) is 40.5 Å². The number of rotatable bonds is 0. The Morgan fingerprint density at radius 1 is 1.26 bits per heavy atom. The van der Waals surface area contributed by atoms with Crippen molar-refractivity contribution in [2.75, 3.05) is 0 Å². The molecule has 0 bridgehead atoms. The summed E-state index contributed by atoms with van der Waals surface area (Å²) in [5.41, 5.74) is -0.262. The number of hydrogen-bond donors (Lipinski definition) is 1. The average Bonchev–Trinajstić information content (AvgIpc) is 2.73. The molecule has 0 aromatic rings. The number of ketones is 1. The Morgan fingerprint density at radius 2 is 1.89 bits per heavy atom. The van der Waals surface area contributed by atoms with Gasteiger partial charge in [-0.1, -0.05) is 12.8 Å². The normalized spacial score (nSPS) is 39.3. The third-order valence-electron chi connectivity index (χ3n) is 5.34. The molecule has 4 heteroatoms. The molecule has 1 aliphatic carbocycles. The van der Waals surface area contributed by atoms with Gasteiger partial charge in [0.25, 0.3) is 5.91 Å². The molecule has 0 radical (unpaired) electrons. The van der Waals surface area contributed by atoms with Crippen molar-refractivity contribution in [3.05, 3.63) is 11.3 Å². The van der Waals surface area contributed by atoms with Crippen LogP contribution in [0.5, 0.6) is 0 Å². The molecule has 3 rings (SSSR count). The third-order valence-corrected chi connectivity index (χ3v) is 5.34. The highest BCUT2D eigenvalue weighted by Gasteiger charge is 2.63. The summed E-state index contributed by atoms with van der Waals surface area (Å²) >= 11 is 0. The van der Waals surface area contributed by atoms with Gasteiger partial charge in [0.05, 0.1) is 6.04 Å². The van der Waals surface area contributed by atoms with E-state index in [1.54, 1.807) is 4.90 Å². The van der Waals surface area contributed by atoms with Crippen molar-refractivity contribution in [2.45, 2.75) is 58.0 Å². The first-order valence-electron chi connectivity index (χ1n) is 7.15. The molecule has 0 spiro atoms. The van der Waals surface area contributed by atoms with Crippen LogP contribution in [-0.4, -0.2) is 33.3 Å². The summed E-state index contributed by atoms with van der Waals surface area (Å²) in [5, 5.41) is 9.63. The van der Waals surface area contributed by atoms with Crippen LogP contribution in [0.1, 0.15) is 46.5 Å². The van der Waals surface area contributed by atoms with Crippen LogP contribution < -0.4 is 0 Å². The smallest absolute Gasteiger partial charge is 0.262 e. The zero-order valence-electron chi connectivity index (χ0n) is 11.8. The highest BCUT2D eigenvalue weighted by atomic mass is 16.3. The second-order valence-corrected chi connectivity index (χ2v) is 6.65. The van der Waals surface area contributed by atoms with Gasteiger partial charge < -0.3 is 10.0 Å². The van der Waals surface area contributed by atoms with Gasteiger partial charge in [0.15, 0.2) is 5.78 Å². The predicted octanol–water partition coefficient (Wildman–Crippen LogP) is 2.20. The minimum atomic E-state index is -0.329. The Balaban J connectivity index is 2.10. The highest BCUT2D eigenvalue weighted by Crippen LogP contribution is 2.53. The number of aliphatic hydroxyl groups excluding tert-OH is 1. The molecular weight excluding hydrogens is 242 g/mol. The number of nitrogens with zero attached hydrogens (tertiary/aromatic N) is 1. The van der Waals surface area contributed by atoms with Crippen LogP contribution in [0.2, 0.25) is 0 Å². The summed E-state index contributed by atoms with van der Waals surface area (Å²) in [6.45, 7) is 5.56. The molecule has 0 unspecified atom stereocenters. The van der Waals surface area contributed by atoms with Crippen molar-refractivity contribution in [1.29, 1.82) is 0 Å². The van der Waals surface area contributed by atoms with Crippen LogP contribution in [-0.2, 0) is 9.59 Å². The molecule has 1 amide bonds. The van der Waals surface area contributed by atoms with E-state index in [2.05, 4.69) is 13.8 Å². The van der Waals surface area contributed by atoms with Crippen LogP contribution in [0.25, 0.3) is 0 Å².